The summed E-state index contributed by atoms with van der Waals surface area (Å²) in [5.41, 5.74) is 12.6. The number of nitrogens with zero attached hydrogens (tertiary/aromatic N) is 1. The molecule has 0 spiro atoms. The van der Waals surface area contributed by atoms with Gasteiger partial charge in [-0.3, -0.25) is 14.4 Å². The first-order chi connectivity index (χ1) is 29.6. The Balaban J connectivity index is 0.956. The van der Waals surface area contributed by atoms with Gasteiger partial charge in [-0.2, -0.15) is 0 Å². The van der Waals surface area contributed by atoms with E-state index < -0.39 is 20.4 Å². The number of nitrogens with two attached hydrogens (primary N) is 2. The lowest BCUT2D eigenvalue weighted by Gasteiger charge is -2.62. The van der Waals surface area contributed by atoms with Crippen LogP contribution in [0.1, 0.15) is 138 Å². The topological polar surface area (TPSA) is 140 Å². The van der Waals surface area contributed by atoms with Crippen LogP contribution < -0.4 is 32.5 Å². The van der Waals surface area contributed by atoms with Crippen molar-refractivity contribution in [3.63, 3.8) is 0 Å². The zero-order valence-electron chi connectivity index (χ0n) is 39.3. The summed E-state index contributed by atoms with van der Waals surface area (Å²) in [5, 5.41) is 8.66. The third-order valence-corrected chi connectivity index (χ3v) is 22.8. The van der Waals surface area contributed by atoms with Gasteiger partial charge in [0, 0.05) is 32.2 Å². The summed E-state index contributed by atoms with van der Waals surface area (Å²) in [5.74, 6) is 3.70. The zero-order valence-corrected chi connectivity index (χ0v) is 40.3. The van der Waals surface area contributed by atoms with Crippen molar-refractivity contribution in [1.82, 2.24) is 15.5 Å². The largest absolute Gasteiger partial charge is 0.404 e. The average molecular weight is 868 g/mol. The van der Waals surface area contributed by atoms with Gasteiger partial charge in [0.25, 0.3) is 8.32 Å². The lowest BCUT2D eigenvalue weighted by atomic mass is 9.44. The molecule has 0 aromatic heterocycles. The van der Waals surface area contributed by atoms with Crippen LogP contribution in [0.15, 0.2) is 60.7 Å². The monoisotopic (exact) mass is 868 g/mol. The predicted molar refractivity (Wildman–Crippen MR) is 253 cm³/mol. The molecule has 12 atom stereocenters. The number of carbonyl (C=O) groups is 3. The smallest absolute Gasteiger partial charge is 0.261 e. The van der Waals surface area contributed by atoms with Gasteiger partial charge in [-0.05, 0) is 152 Å². The Morgan fingerprint density at radius 1 is 0.855 bits per heavy atom. The second-order valence-electron chi connectivity index (χ2n) is 22.1. The van der Waals surface area contributed by atoms with Crippen LogP contribution in [-0.2, 0) is 18.8 Å². The van der Waals surface area contributed by atoms with E-state index >= 15 is 0 Å². The molecule has 2 aromatic carbocycles. The summed E-state index contributed by atoms with van der Waals surface area (Å²) >= 11 is 0. The molecule has 1 aliphatic heterocycles. The highest BCUT2D eigenvalue weighted by atomic mass is 28.4. The van der Waals surface area contributed by atoms with Crippen molar-refractivity contribution in [2.45, 2.75) is 167 Å². The summed E-state index contributed by atoms with van der Waals surface area (Å²) in [6.07, 6.45) is 15.6. The number of hydrogen-bond donors (Lipinski definition) is 4. The van der Waals surface area contributed by atoms with Crippen LogP contribution in [0.4, 0.5) is 0 Å². The minimum Gasteiger partial charge on any atom is -0.404 e. The van der Waals surface area contributed by atoms with Crippen LogP contribution in [0.5, 0.6) is 0 Å². The molecule has 3 amide bonds. The number of likely N-dealkylation sites (N-methyl/N-ethyl adjacent to an activating group) is 1. The molecule has 10 heteroatoms. The molecule has 0 bridgehead atoms. The van der Waals surface area contributed by atoms with Gasteiger partial charge in [0.1, 0.15) is 6.04 Å². The lowest BCUT2D eigenvalue weighted by Crippen LogP contribution is -2.68. The molecule has 6 N–H and O–H groups in total. The summed E-state index contributed by atoms with van der Waals surface area (Å²) in [6, 6.07) is 20.8. The van der Waals surface area contributed by atoms with Crippen molar-refractivity contribution in [1.29, 1.82) is 0 Å². The van der Waals surface area contributed by atoms with Crippen molar-refractivity contribution >= 4 is 36.4 Å². The van der Waals surface area contributed by atoms with E-state index in [9.17, 15) is 14.4 Å². The molecule has 9 nitrogen and oxygen atoms in total. The van der Waals surface area contributed by atoms with E-state index in [1.165, 1.54) is 61.7 Å². The van der Waals surface area contributed by atoms with E-state index in [1.807, 2.05) is 0 Å². The van der Waals surface area contributed by atoms with Crippen molar-refractivity contribution in [2.75, 3.05) is 20.1 Å². The number of amides is 3. The Morgan fingerprint density at radius 2 is 1.50 bits per heavy atom. The van der Waals surface area contributed by atoms with Crippen LogP contribution in [0, 0.1) is 46.3 Å². The number of nitrogens with one attached hydrogen (secondary N) is 2. The molecule has 7 rings (SSSR count). The minimum atomic E-state index is -2.61. The van der Waals surface area contributed by atoms with E-state index in [0.717, 1.165) is 43.4 Å². The van der Waals surface area contributed by atoms with E-state index in [1.54, 1.807) is 11.9 Å². The first-order valence-corrected chi connectivity index (χ1v) is 26.5. The maximum atomic E-state index is 13.5. The molecule has 62 heavy (non-hydrogen) atoms. The van der Waals surface area contributed by atoms with Crippen LogP contribution in [-0.4, -0.2) is 75.3 Å². The molecule has 342 valence electrons. The molecule has 5 aliphatic rings. The standard InChI is InChI=1S/C52H81N5O4Si/c1-35(21-26-47(58)56-37-33-46(48(59)55-7)57(34-37)49(60)45(54)20-14-15-31-53)42-24-25-43-41-23-22-36-32-38(27-29-51(36,5)44(41)28-30-52(42,43)6)61-62(50(2,3)4,39-16-10-8-11-17-39)40-18-12-9-13-19-40/h8-13,16-19,35-38,41-46H,14-15,20-34,53-54H2,1-7H3,(H,55,59)(H,56,58)/t35-,36?,37+,38-,41?,42-,43?,44?,45?,46+,51+,52-/m1/s1. The van der Waals surface area contributed by atoms with Gasteiger partial charge in [-0.25, -0.2) is 0 Å². The van der Waals surface area contributed by atoms with Gasteiger partial charge in [0.15, 0.2) is 0 Å². The Hall–Kier alpha value is -3.05. The quantitative estimate of drug-likeness (QED) is 0.110. The second kappa shape index (κ2) is 19.2. The molecule has 4 aliphatic carbocycles. The fourth-order valence-corrected chi connectivity index (χ4v) is 19.3. The molecule has 4 saturated carbocycles. The summed E-state index contributed by atoms with van der Waals surface area (Å²) in [6.45, 7) is 15.8. The number of fused-ring (bicyclic) bond motifs is 5. The maximum Gasteiger partial charge on any atom is 0.261 e. The van der Waals surface area contributed by atoms with Gasteiger partial charge in [-0.15, -0.1) is 0 Å². The van der Waals surface area contributed by atoms with Crippen molar-refractivity contribution in [2.24, 2.45) is 57.8 Å². The first-order valence-electron chi connectivity index (χ1n) is 24.6. The summed E-state index contributed by atoms with van der Waals surface area (Å²) in [7, 11) is -1.02. The summed E-state index contributed by atoms with van der Waals surface area (Å²) in [4.78, 5) is 41.2. The Morgan fingerprint density at radius 3 is 2.13 bits per heavy atom. The third kappa shape index (κ3) is 8.97. The highest BCUT2D eigenvalue weighted by Gasteiger charge is 2.61. The number of carbonyl (C=O) groups excluding carboxylic acids is 3. The van der Waals surface area contributed by atoms with Crippen LogP contribution in [0.25, 0.3) is 0 Å². The fourth-order valence-electron chi connectivity index (χ4n) is 14.5. The molecule has 2 aromatic rings. The van der Waals surface area contributed by atoms with Gasteiger partial charge < -0.3 is 31.4 Å². The minimum absolute atomic E-state index is 0.0157. The molecule has 1 saturated heterocycles. The van der Waals surface area contributed by atoms with Gasteiger partial charge in [0.05, 0.1) is 6.04 Å². The number of unbranched alkanes of at least 4 members (excludes halogenated alkanes) is 1. The Labute approximate surface area is 375 Å². The van der Waals surface area contributed by atoms with E-state index in [2.05, 4.69) is 113 Å². The van der Waals surface area contributed by atoms with Crippen LogP contribution in [0.3, 0.4) is 0 Å². The van der Waals surface area contributed by atoms with Gasteiger partial charge >= 0.3 is 0 Å². The average Bonchev–Trinajstić information content (AvgIpc) is 3.85. The third-order valence-electron chi connectivity index (χ3n) is 17.7. The van der Waals surface area contributed by atoms with Crippen LogP contribution in [0.2, 0.25) is 5.04 Å². The number of hydrogen-bond acceptors (Lipinski definition) is 6. The second-order valence-corrected chi connectivity index (χ2v) is 26.3. The van der Waals surface area contributed by atoms with Gasteiger partial charge in [-0.1, -0.05) is 109 Å². The molecule has 5 fully saturated rings. The number of benzene rings is 2. The Bertz CT molecular complexity index is 1800. The van der Waals surface area contributed by atoms with Crippen LogP contribution >= 0.6 is 0 Å². The van der Waals surface area contributed by atoms with Gasteiger partial charge in [0.2, 0.25) is 17.7 Å². The lowest BCUT2D eigenvalue weighted by molar-refractivity contribution is -0.139. The number of rotatable bonds is 15. The van der Waals surface area contributed by atoms with Crippen molar-refractivity contribution in [3.8, 4) is 0 Å². The Kier molecular flexibility index (Phi) is 14.5. The molecule has 0 radical (unpaired) electrons. The predicted octanol–water partition coefficient (Wildman–Crippen LogP) is 7.29. The first kappa shape index (κ1) is 46.9. The normalized spacial score (nSPS) is 33.1. The SMILES string of the molecule is CNC(=O)[C@@H]1C[C@H](NC(=O)CC[C@@H](C)[C@H]2CCC3C4CCC5C[C@H](O[Si](c6ccccc6)(c6ccccc6)C(C)(C)C)CC[C@]5(C)C4CC[C@@]32C)CN1C(=O)C(N)CCCCN. The highest BCUT2D eigenvalue weighted by Crippen LogP contribution is 2.68. The van der Waals surface area contributed by atoms with Crippen molar-refractivity contribution in [3.05, 3.63) is 60.7 Å². The molecular weight excluding hydrogens is 787 g/mol. The van der Waals surface area contributed by atoms with E-state index in [-0.39, 0.29) is 34.9 Å². The maximum absolute atomic E-state index is 13.5. The molecule has 1 heterocycles. The van der Waals surface area contributed by atoms with E-state index in [4.69, 9.17) is 15.9 Å². The van der Waals surface area contributed by atoms with Crippen molar-refractivity contribution < 1.29 is 18.8 Å². The molecule has 5 unspecified atom stereocenters. The summed E-state index contributed by atoms with van der Waals surface area (Å²) < 4.78 is 7.78. The van der Waals surface area contributed by atoms with E-state index in [0.29, 0.717) is 60.9 Å². The number of likely N-dealkylation sites (tertiary alicyclic amines) is 1. The fraction of sp³-hybridized carbons (Fsp3) is 0.712. The molecular formula is C52H81N5O4Si. The highest BCUT2D eigenvalue weighted by molar-refractivity contribution is 6.99. The zero-order chi connectivity index (χ0) is 44.5.